The van der Waals surface area contributed by atoms with Crippen molar-refractivity contribution in [1.82, 2.24) is 15.1 Å². The number of aromatic nitrogens is 2. The summed E-state index contributed by atoms with van der Waals surface area (Å²) in [4.78, 5) is 16.7. The first-order chi connectivity index (χ1) is 13.0. The molecule has 1 saturated heterocycles. The van der Waals surface area contributed by atoms with Crippen LogP contribution in [0, 0.1) is 6.92 Å². The summed E-state index contributed by atoms with van der Waals surface area (Å²) in [5, 5.41) is 18.7. The minimum absolute atomic E-state index is 0.153. The van der Waals surface area contributed by atoms with Crippen LogP contribution in [0.15, 0.2) is 36.4 Å². The molecule has 1 aromatic carbocycles. The molecule has 142 valence electrons. The van der Waals surface area contributed by atoms with Crippen molar-refractivity contribution in [3.8, 4) is 0 Å². The molecule has 1 N–H and O–H groups in total. The van der Waals surface area contributed by atoms with Gasteiger partial charge in [0.15, 0.2) is 5.82 Å². The molecule has 4 rings (SSSR count). The number of rotatable bonds is 4. The van der Waals surface area contributed by atoms with E-state index < -0.39 is 5.60 Å². The first-order valence-electron chi connectivity index (χ1n) is 9.68. The summed E-state index contributed by atoms with van der Waals surface area (Å²) in [6.07, 6.45) is 3.15. The maximum absolute atomic E-state index is 12.6. The Morgan fingerprint density at radius 2 is 1.74 bits per heavy atom. The lowest BCUT2D eigenvalue weighted by molar-refractivity contribution is -0.130. The number of hydrogen-bond donors (Lipinski definition) is 1. The number of carbonyl (C=O) groups is 1. The van der Waals surface area contributed by atoms with Crippen LogP contribution in [0.2, 0.25) is 0 Å². The Morgan fingerprint density at radius 3 is 2.30 bits per heavy atom. The fraction of sp³-hybridized carbons (Fsp3) is 0.476. The molecule has 6 nitrogen and oxygen atoms in total. The van der Waals surface area contributed by atoms with E-state index in [2.05, 4.69) is 15.1 Å². The lowest BCUT2D eigenvalue weighted by atomic mass is 9.75. The zero-order chi connectivity index (χ0) is 18.9. The van der Waals surface area contributed by atoms with E-state index in [9.17, 15) is 9.90 Å². The Bertz CT molecular complexity index is 792. The molecule has 0 bridgehead atoms. The van der Waals surface area contributed by atoms with Gasteiger partial charge in [0.25, 0.3) is 0 Å². The summed E-state index contributed by atoms with van der Waals surface area (Å²) in [5.74, 6) is 1.02. The molecule has 1 aliphatic heterocycles. The average molecular weight is 366 g/mol. The molecule has 0 spiro atoms. The quantitative estimate of drug-likeness (QED) is 0.897. The Morgan fingerprint density at radius 1 is 1.04 bits per heavy atom. The number of piperazine rings is 1. The van der Waals surface area contributed by atoms with Gasteiger partial charge in [0.05, 0.1) is 17.7 Å². The number of nitrogens with zero attached hydrogens (tertiary/aromatic N) is 4. The topological polar surface area (TPSA) is 69.6 Å². The van der Waals surface area contributed by atoms with Gasteiger partial charge < -0.3 is 14.9 Å². The fourth-order valence-corrected chi connectivity index (χ4v) is 3.77. The van der Waals surface area contributed by atoms with Crippen LogP contribution in [-0.2, 0) is 16.8 Å². The van der Waals surface area contributed by atoms with Crippen molar-refractivity contribution in [3.63, 3.8) is 0 Å². The Labute approximate surface area is 159 Å². The Hall–Kier alpha value is -2.47. The van der Waals surface area contributed by atoms with Gasteiger partial charge in [-0.2, -0.15) is 5.10 Å². The second-order valence-corrected chi connectivity index (χ2v) is 7.66. The average Bonchev–Trinajstić information content (AvgIpc) is 2.67. The third kappa shape index (κ3) is 3.81. The largest absolute Gasteiger partial charge is 0.385 e. The molecule has 2 heterocycles. The van der Waals surface area contributed by atoms with Gasteiger partial charge >= 0.3 is 0 Å². The molecule has 1 aromatic heterocycles. The molecule has 0 atom stereocenters. The monoisotopic (exact) mass is 366 g/mol. The third-order valence-corrected chi connectivity index (χ3v) is 5.77. The number of anilines is 1. The maximum atomic E-state index is 12.6. The van der Waals surface area contributed by atoms with Gasteiger partial charge in [0, 0.05) is 26.2 Å². The van der Waals surface area contributed by atoms with E-state index in [0.717, 1.165) is 55.0 Å². The van der Waals surface area contributed by atoms with Gasteiger partial charge in [-0.25, -0.2) is 0 Å². The van der Waals surface area contributed by atoms with E-state index in [1.807, 2.05) is 48.2 Å². The van der Waals surface area contributed by atoms with E-state index in [1.54, 1.807) is 0 Å². The molecule has 1 saturated carbocycles. The Balaban J connectivity index is 1.31. The van der Waals surface area contributed by atoms with E-state index in [0.29, 0.717) is 19.5 Å². The van der Waals surface area contributed by atoms with Crippen LogP contribution in [0.25, 0.3) is 0 Å². The maximum Gasteiger partial charge on any atom is 0.227 e. The molecule has 1 amide bonds. The highest BCUT2D eigenvalue weighted by atomic mass is 16.3. The lowest BCUT2D eigenvalue weighted by Gasteiger charge is -2.37. The minimum Gasteiger partial charge on any atom is -0.385 e. The highest BCUT2D eigenvalue weighted by Gasteiger charge is 2.36. The molecule has 2 aliphatic rings. The third-order valence-electron chi connectivity index (χ3n) is 5.77. The summed E-state index contributed by atoms with van der Waals surface area (Å²) in [6.45, 7) is 4.87. The van der Waals surface area contributed by atoms with Crippen molar-refractivity contribution >= 4 is 11.7 Å². The predicted octanol–water partition coefficient (Wildman–Crippen LogP) is 2.05. The second-order valence-electron chi connectivity index (χ2n) is 7.66. The number of aryl methyl sites for hydroxylation is 1. The second kappa shape index (κ2) is 7.27. The summed E-state index contributed by atoms with van der Waals surface area (Å²) in [6, 6.07) is 11.8. The van der Waals surface area contributed by atoms with Crippen molar-refractivity contribution < 1.29 is 9.90 Å². The first-order valence-corrected chi connectivity index (χ1v) is 9.68. The van der Waals surface area contributed by atoms with E-state index >= 15 is 0 Å². The normalized spacial score (nSPS) is 18.9. The molecule has 0 radical (unpaired) electrons. The number of benzene rings is 1. The predicted molar refractivity (Wildman–Crippen MR) is 103 cm³/mol. The first kappa shape index (κ1) is 17.9. The van der Waals surface area contributed by atoms with Crippen molar-refractivity contribution in [3.05, 3.63) is 53.2 Å². The molecular weight excluding hydrogens is 340 g/mol. The van der Waals surface area contributed by atoms with Crippen LogP contribution >= 0.6 is 0 Å². The van der Waals surface area contributed by atoms with Gasteiger partial charge in [0.2, 0.25) is 5.91 Å². The van der Waals surface area contributed by atoms with E-state index in [1.165, 1.54) is 0 Å². The number of amides is 1. The molecular formula is C21H26N4O2. The fourth-order valence-electron chi connectivity index (χ4n) is 3.77. The zero-order valence-electron chi connectivity index (χ0n) is 15.8. The summed E-state index contributed by atoms with van der Waals surface area (Å²) < 4.78 is 0. The molecule has 1 aliphatic carbocycles. The van der Waals surface area contributed by atoms with Crippen LogP contribution in [0.1, 0.15) is 36.1 Å². The van der Waals surface area contributed by atoms with Crippen LogP contribution in [0.4, 0.5) is 5.82 Å². The van der Waals surface area contributed by atoms with Gasteiger partial charge in [0.1, 0.15) is 0 Å². The van der Waals surface area contributed by atoms with Crippen LogP contribution in [0.3, 0.4) is 0 Å². The molecule has 0 unspecified atom stereocenters. The van der Waals surface area contributed by atoms with Gasteiger partial charge in [-0.3, -0.25) is 4.79 Å². The van der Waals surface area contributed by atoms with Crippen molar-refractivity contribution in [1.29, 1.82) is 0 Å². The minimum atomic E-state index is -0.641. The summed E-state index contributed by atoms with van der Waals surface area (Å²) >= 11 is 0. The van der Waals surface area contributed by atoms with Gasteiger partial charge in [-0.05, 0) is 49.4 Å². The highest BCUT2D eigenvalue weighted by molar-refractivity contribution is 5.79. The van der Waals surface area contributed by atoms with Crippen molar-refractivity contribution in [2.75, 3.05) is 31.1 Å². The van der Waals surface area contributed by atoms with Crippen molar-refractivity contribution in [2.24, 2.45) is 0 Å². The van der Waals surface area contributed by atoms with Crippen molar-refractivity contribution in [2.45, 2.75) is 38.2 Å². The molecule has 27 heavy (non-hydrogen) atoms. The van der Waals surface area contributed by atoms with E-state index in [4.69, 9.17) is 0 Å². The van der Waals surface area contributed by atoms with E-state index in [-0.39, 0.29) is 5.91 Å². The van der Waals surface area contributed by atoms with Crippen LogP contribution < -0.4 is 4.90 Å². The zero-order valence-corrected chi connectivity index (χ0v) is 15.8. The summed E-state index contributed by atoms with van der Waals surface area (Å²) in [7, 11) is 0. The highest BCUT2D eigenvalue weighted by Crippen LogP contribution is 2.40. The number of hydrogen-bond acceptors (Lipinski definition) is 5. The van der Waals surface area contributed by atoms with Gasteiger partial charge in [-0.15, -0.1) is 5.10 Å². The van der Waals surface area contributed by atoms with Crippen LogP contribution in [0.5, 0.6) is 0 Å². The van der Waals surface area contributed by atoms with Crippen LogP contribution in [-0.4, -0.2) is 52.3 Å². The Kier molecular flexibility index (Phi) is 4.83. The molecule has 2 aromatic rings. The molecule has 2 fully saturated rings. The lowest BCUT2D eigenvalue weighted by Crippen LogP contribution is -2.49. The summed E-state index contributed by atoms with van der Waals surface area (Å²) in [5.41, 5.74) is 2.23. The standard InChI is InChI=1S/C21H26N4O2/c1-16-3-8-19(23-22-16)24-11-13-25(14-12-24)20(26)15-17-4-6-18(7-5-17)21(27)9-2-10-21/h3-8,27H,2,9-15H2,1H3. The van der Waals surface area contributed by atoms with Gasteiger partial charge in [-0.1, -0.05) is 24.3 Å². The number of carbonyl (C=O) groups excluding carboxylic acids is 1. The smallest absolute Gasteiger partial charge is 0.227 e. The SMILES string of the molecule is Cc1ccc(N2CCN(C(=O)Cc3ccc(C4(O)CCC4)cc3)CC2)nn1. The number of aliphatic hydroxyl groups is 1. The molecule has 6 heteroatoms.